The third kappa shape index (κ3) is 12.0. The Labute approximate surface area is 225 Å². The van der Waals surface area contributed by atoms with E-state index in [2.05, 4.69) is 9.97 Å². The van der Waals surface area contributed by atoms with Crippen molar-refractivity contribution in [1.29, 1.82) is 0 Å². The second-order valence-corrected chi connectivity index (χ2v) is 11.5. The molecule has 2 aromatic heterocycles. The molecule has 2 heterocycles. The monoisotopic (exact) mass is 592 g/mol. The van der Waals surface area contributed by atoms with Gasteiger partial charge in [-0.3, -0.25) is 4.79 Å². The van der Waals surface area contributed by atoms with Crippen LogP contribution in [0.4, 0.5) is 35.1 Å². The van der Waals surface area contributed by atoms with Gasteiger partial charge in [0.15, 0.2) is 5.78 Å². The van der Waals surface area contributed by atoms with E-state index in [0.717, 1.165) is 32.4 Å². The van der Waals surface area contributed by atoms with Gasteiger partial charge < -0.3 is 0 Å². The molecule has 0 saturated heterocycles. The molecule has 2 aromatic rings. The fourth-order valence-electron chi connectivity index (χ4n) is 3.93. The molecule has 2 unspecified atom stereocenters. The fourth-order valence-corrected chi connectivity index (χ4v) is 6.02. The van der Waals surface area contributed by atoms with Crippen LogP contribution in [0.5, 0.6) is 0 Å². The number of carbonyl (C=O) groups excluding carboxylic acids is 1. The summed E-state index contributed by atoms with van der Waals surface area (Å²) in [5.41, 5.74) is 0. The highest BCUT2D eigenvalue weighted by atomic mass is 32.1. The van der Waals surface area contributed by atoms with Gasteiger partial charge in [0.05, 0.1) is 11.8 Å². The molecule has 0 saturated carbocycles. The zero-order valence-corrected chi connectivity index (χ0v) is 22.5. The van der Waals surface area contributed by atoms with E-state index in [1.54, 1.807) is 0 Å². The Balaban J connectivity index is 1.85. The Kier molecular flexibility index (Phi) is 13.6. The van der Waals surface area contributed by atoms with Crippen molar-refractivity contribution in [3.05, 3.63) is 32.2 Å². The van der Waals surface area contributed by atoms with Gasteiger partial charge in [-0.25, -0.2) is 18.7 Å². The van der Waals surface area contributed by atoms with Gasteiger partial charge in [-0.15, -0.1) is 22.7 Å². The number of Topliss-reactive ketones (excluding diaryl/α,β-unsaturated/α-hetero) is 1. The lowest BCUT2D eigenvalue weighted by atomic mass is 9.95. The van der Waals surface area contributed by atoms with Crippen LogP contribution in [0.2, 0.25) is 0 Å². The summed E-state index contributed by atoms with van der Waals surface area (Å²) in [5.74, 6) is -3.12. The number of alkyl halides is 8. The molecule has 0 bridgehead atoms. The van der Waals surface area contributed by atoms with E-state index >= 15 is 0 Å². The number of aryl methyl sites for hydroxylation is 2. The number of carbonyl (C=O) groups is 1. The number of hydrogen-bond donors (Lipinski definition) is 0. The van der Waals surface area contributed by atoms with Crippen LogP contribution >= 0.6 is 22.7 Å². The molecule has 0 aromatic carbocycles. The summed E-state index contributed by atoms with van der Waals surface area (Å²) in [6.45, 7) is -2.09. The summed E-state index contributed by atoms with van der Waals surface area (Å²) < 4.78 is 101. The number of halogens is 8. The average molecular weight is 593 g/mol. The summed E-state index contributed by atoms with van der Waals surface area (Å²) >= 11 is 2.29. The summed E-state index contributed by atoms with van der Waals surface area (Å²) in [4.78, 5) is 22.9. The molecule has 38 heavy (non-hydrogen) atoms. The number of ketones is 1. The van der Waals surface area contributed by atoms with Crippen molar-refractivity contribution in [1.82, 2.24) is 9.97 Å². The Hall–Kier alpha value is -1.63. The van der Waals surface area contributed by atoms with E-state index in [0.29, 0.717) is 51.4 Å². The predicted octanol–water partition coefficient (Wildman–Crippen LogP) is 9.09. The first-order valence-electron chi connectivity index (χ1n) is 12.6. The quantitative estimate of drug-likeness (QED) is 0.128. The number of unbranched alkanes of at least 4 members (excludes halogenated alkanes) is 6. The van der Waals surface area contributed by atoms with E-state index < -0.39 is 56.2 Å². The van der Waals surface area contributed by atoms with Gasteiger partial charge in [0, 0.05) is 35.0 Å². The normalized spacial score (nSPS) is 14.1. The Morgan fingerprint density at radius 1 is 0.658 bits per heavy atom. The minimum Gasteiger partial charge on any atom is -0.298 e. The fraction of sp³-hybridized carbons (Fsp3) is 0.720. The highest BCUT2D eigenvalue weighted by Gasteiger charge is 2.33. The zero-order valence-electron chi connectivity index (χ0n) is 20.9. The maximum atomic E-state index is 13.9. The van der Waals surface area contributed by atoms with E-state index in [1.165, 1.54) is 12.4 Å². The van der Waals surface area contributed by atoms with Crippen LogP contribution in [0, 0.1) is 0 Å². The predicted molar refractivity (Wildman–Crippen MR) is 132 cm³/mol. The number of nitrogens with zero attached hydrogens (tertiary/aromatic N) is 2. The van der Waals surface area contributed by atoms with Crippen LogP contribution < -0.4 is 0 Å². The molecule has 0 amide bonds. The SMILES string of the molecule is O=C(C(CF)c1ncc(CCCCCCC(F)(F)F)s1)C(CF)c1ncc(CCCCCCC(F)(F)F)s1. The summed E-state index contributed by atoms with van der Waals surface area (Å²) in [6, 6.07) is 0. The molecule has 2 rings (SSSR count). The van der Waals surface area contributed by atoms with Crippen molar-refractivity contribution in [3.8, 4) is 0 Å². The van der Waals surface area contributed by atoms with Crippen molar-refractivity contribution in [2.75, 3.05) is 13.3 Å². The summed E-state index contributed by atoms with van der Waals surface area (Å²) in [5, 5.41) is 0.470. The standard InChI is InChI=1S/C25H32F8N2OS2/c26-13-19(22-34-15-17(37-22)9-5-1-3-7-11-24(28,29)30)21(36)20(14-27)23-35-16-18(38-23)10-6-2-4-8-12-25(31,32)33/h15-16,19-20H,1-14H2. The first-order chi connectivity index (χ1) is 17.9. The van der Waals surface area contributed by atoms with Crippen molar-refractivity contribution in [2.24, 2.45) is 0 Å². The zero-order chi connectivity index (χ0) is 28.2. The molecule has 3 nitrogen and oxygen atoms in total. The first kappa shape index (κ1) is 32.6. The molecule has 0 N–H and O–H groups in total. The van der Waals surface area contributed by atoms with E-state index in [-0.39, 0.29) is 22.9 Å². The maximum Gasteiger partial charge on any atom is 0.389 e. The smallest absolute Gasteiger partial charge is 0.298 e. The lowest BCUT2D eigenvalue weighted by Gasteiger charge is -2.15. The van der Waals surface area contributed by atoms with E-state index in [9.17, 15) is 39.9 Å². The van der Waals surface area contributed by atoms with Gasteiger partial charge in [-0.2, -0.15) is 26.3 Å². The van der Waals surface area contributed by atoms with Crippen LogP contribution in [0.3, 0.4) is 0 Å². The number of aromatic nitrogens is 2. The topological polar surface area (TPSA) is 42.9 Å². The molecule has 0 spiro atoms. The molecular weight excluding hydrogens is 560 g/mol. The number of hydrogen-bond acceptors (Lipinski definition) is 5. The van der Waals surface area contributed by atoms with Gasteiger partial charge in [-0.1, -0.05) is 25.7 Å². The third-order valence-corrected chi connectivity index (χ3v) is 8.34. The molecule has 216 valence electrons. The lowest BCUT2D eigenvalue weighted by Crippen LogP contribution is -2.23. The molecule has 0 fully saturated rings. The first-order valence-corrected chi connectivity index (χ1v) is 14.2. The second kappa shape index (κ2) is 15.8. The minimum atomic E-state index is -4.15. The molecule has 2 atom stereocenters. The maximum absolute atomic E-state index is 13.9. The van der Waals surface area contributed by atoms with E-state index in [1.807, 2.05) is 0 Å². The number of thiazole rings is 2. The van der Waals surface area contributed by atoms with Crippen LogP contribution in [0.25, 0.3) is 0 Å². The molecular formula is C25H32F8N2OS2. The largest absolute Gasteiger partial charge is 0.389 e. The highest BCUT2D eigenvalue weighted by molar-refractivity contribution is 7.12. The van der Waals surface area contributed by atoms with Gasteiger partial charge in [-0.05, 0) is 38.5 Å². The van der Waals surface area contributed by atoms with Gasteiger partial charge in [0.2, 0.25) is 0 Å². The van der Waals surface area contributed by atoms with Gasteiger partial charge in [0.1, 0.15) is 23.4 Å². The average Bonchev–Trinajstić information content (AvgIpc) is 3.48. The van der Waals surface area contributed by atoms with Gasteiger partial charge in [0.25, 0.3) is 0 Å². The molecule has 0 radical (unpaired) electrons. The molecule has 13 heteroatoms. The summed E-state index contributed by atoms with van der Waals surface area (Å²) in [6.07, 6.45) is -2.23. The minimum absolute atomic E-state index is 0.0704. The third-order valence-electron chi connectivity index (χ3n) is 6.00. The van der Waals surface area contributed by atoms with Crippen molar-refractivity contribution >= 4 is 28.5 Å². The van der Waals surface area contributed by atoms with Crippen molar-refractivity contribution < 1.29 is 39.9 Å². The van der Waals surface area contributed by atoms with Crippen molar-refractivity contribution in [3.63, 3.8) is 0 Å². The highest BCUT2D eigenvalue weighted by Crippen LogP contribution is 2.33. The van der Waals surface area contributed by atoms with E-state index in [4.69, 9.17) is 0 Å². The second-order valence-electron chi connectivity index (χ2n) is 9.20. The van der Waals surface area contributed by atoms with Crippen LogP contribution in [0.1, 0.15) is 95.8 Å². The van der Waals surface area contributed by atoms with Crippen molar-refractivity contribution in [2.45, 2.75) is 101 Å². The number of rotatable bonds is 18. The van der Waals surface area contributed by atoms with Crippen LogP contribution in [-0.4, -0.2) is 41.5 Å². The lowest BCUT2D eigenvalue weighted by molar-refractivity contribution is -0.136. The Morgan fingerprint density at radius 3 is 1.37 bits per heavy atom. The molecule has 0 aliphatic rings. The molecule has 0 aliphatic heterocycles. The summed E-state index contributed by atoms with van der Waals surface area (Å²) in [7, 11) is 0. The Morgan fingerprint density at radius 2 is 1.03 bits per heavy atom. The Bertz CT molecular complexity index is 884. The van der Waals surface area contributed by atoms with Crippen LogP contribution in [0.15, 0.2) is 12.4 Å². The van der Waals surface area contributed by atoms with Crippen LogP contribution in [-0.2, 0) is 17.6 Å². The van der Waals surface area contributed by atoms with Gasteiger partial charge >= 0.3 is 12.4 Å². The molecule has 0 aliphatic carbocycles.